The first kappa shape index (κ1) is 13.3. The maximum absolute atomic E-state index is 11.9. The molecule has 18 heavy (non-hydrogen) atoms. The van der Waals surface area contributed by atoms with E-state index in [2.05, 4.69) is 33.2 Å². The van der Waals surface area contributed by atoms with Crippen molar-refractivity contribution >= 4 is 40.2 Å². The van der Waals surface area contributed by atoms with Crippen molar-refractivity contribution in [1.82, 2.24) is 5.32 Å². The van der Waals surface area contributed by atoms with E-state index in [1.807, 2.05) is 0 Å². The van der Waals surface area contributed by atoms with Crippen LogP contribution in [0.2, 0.25) is 0 Å². The largest absolute Gasteiger partial charge is 0.478 e. The van der Waals surface area contributed by atoms with Gasteiger partial charge in [-0.25, -0.2) is 4.79 Å². The quantitative estimate of drug-likeness (QED) is 0.717. The number of anilines is 1. The van der Waals surface area contributed by atoms with Crippen LogP contribution in [0.3, 0.4) is 0 Å². The lowest BCUT2D eigenvalue weighted by Crippen LogP contribution is -2.35. The molecule has 0 saturated carbocycles. The van der Waals surface area contributed by atoms with Gasteiger partial charge in [-0.2, -0.15) is 0 Å². The highest BCUT2D eigenvalue weighted by molar-refractivity contribution is 14.1. The molecule has 2 rings (SSSR count). The number of carbonyl (C=O) groups is 2. The lowest BCUT2D eigenvalue weighted by atomic mass is 10.2. The molecule has 1 heterocycles. The number of benzene rings is 1. The summed E-state index contributed by atoms with van der Waals surface area (Å²) in [5.74, 6) is -1.10. The molecule has 3 N–H and O–H groups in total. The van der Waals surface area contributed by atoms with Crippen molar-refractivity contribution in [2.45, 2.75) is 18.9 Å². The molecule has 1 aliphatic heterocycles. The summed E-state index contributed by atoms with van der Waals surface area (Å²) in [5, 5.41) is 14.8. The fourth-order valence-corrected chi connectivity index (χ4v) is 2.35. The van der Waals surface area contributed by atoms with Crippen LogP contribution in [-0.2, 0) is 4.79 Å². The number of aromatic carboxylic acids is 1. The van der Waals surface area contributed by atoms with E-state index in [4.69, 9.17) is 5.11 Å². The van der Waals surface area contributed by atoms with Crippen LogP contribution in [0.15, 0.2) is 18.2 Å². The number of hydrogen-bond donors (Lipinski definition) is 3. The van der Waals surface area contributed by atoms with E-state index in [9.17, 15) is 9.59 Å². The Labute approximate surface area is 118 Å². The zero-order valence-corrected chi connectivity index (χ0v) is 11.7. The molecule has 1 aliphatic rings. The minimum absolute atomic E-state index is 0.104. The minimum atomic E-state index is -0.999. The summed E-state index contributed by atoms with van der Waals surface area (Å²) in [7, 11) is 0. The van der Waals surface area contributed by atoms with Crippen LogP contribution in [0.4, 0.5) is 5.69 Å². The van der Waals surface area contributed by atoms with Gasteiger partial charge in [-0.15, -0.1) is 0 Å². The highest BCUT2D eigenvalue weighted by atomic mass is 127. The molecule has 0 unspecified atom stereocenters. The summed E-state index contributed by atoms with van der Waals surface area (Å²) >= 11 is 2.07. The number of hydrogen-bond acceptors (Lipinski definition) is 3. The third kappa shape index (κ3) is 2.99. The SMILES string of the molecule is O=C(O)c1ccc(I)c(NC(=O)[C@H]2CCCN2)c1. The number of rotatable bonds is 3. The van der Waals surface area contributed by atoms with Gasteiger partial charge in [0, 0.05) is 3.57 Å². The van der Waals surface area contributed by atoms with Crippen molar-refractivity contribution in [3.63, 3.8) is 0 Å². The highest BCUT2D eigenvalue weighted by Gasteiger charge is 2.22. The zero-order valence-electron chi connectivity index (χ0n) is 9.57. The number of carboxylic acid groups (broad SMARTS) is 1. The maximum Gasteiger partial charge on any atom is 0.335 e. The summed E-state index contributed by atoms with van der Waals surface area (Å²) in [6.07, 6.45) is 1.81. The van der Waals surface area contributed by atoms with E-state index in [0.717, 1.165) is 23.0 Å². The third-order valence-electron chi connectivity index (χ3n) is 2.85. The van der Waals surface area contributed by atoms with E-state index >= 15 is 0 Å². The number of amides is 1. The third-order valence-corrected chi connectivity index (χ3v) is 3.79. The molecule has 96 valence electrons. The predicted molar refractivity (Wildman–Crippen MR) is 75.8 cm³/mol. The van der Waals surface area contributed by atoms with Gasteiger partial charge in [0.1, 0.15) is 0 Å². The normalized spacial score (nSPS) is 18.6. The first-order valence-corrected chi connectivity index (χ1v) is 6.73. The Kier molecular flexibility index (Phi) is 4.18. The van der Waals surface area contributed by atoms with Crippen LogP contribution in [0.25, 0.3) is 0 Å². The molecule has 0 bridgehead atoms. The standard InChI is InChI=1S/C12H13IN2O3/c13-8-4-3-7(12(17)18)6-10(8)15-11(16)9-2-1-5-14-9/h3-4,6,9,14H,1-2,5H2,(H,15,16)(H,17,18)/t9-/m1/s1. The Morgan fingerprint density at radius 2 is 2.22 bits per heavy atom. The van der Waals surface area contributed by atoms with Crippen LogP contribution in [0.1, 0.15) is 23.2 Å². The number of carboxylic acids is 1. The van der Waals surface area contributed by atoms with Crippen molar-refractivity contribution in [2.24, 2.45) is 0 Å². The fourth-order valence-electron chi connectivity index (χ4n) is 1.88. The monoisotopic (exact) mass is 360 g/mol. The molecule has 0 aromatic heterocycles. The smallest absolute Gasteiger partial charge is 0.335 e. The van der Waals surface area contributed by atoms with E-state index in [0.29, 0.717) is 5.69 Å². The molecule has 1 atom stereocenters. The van der Waals surface area contributed by atoms with Gasteiger partial charge in [-0.3, -0.25) is 4.79 Å². The van der Waals surface area contributed by atoms with Crippen LogP contribution >= 0.6 is 22.6 Å². The fraction of sp³-hybridized carbons (Fsp3) is 0.333. The van der Waals surface area contributed by atoms with Gasteiger partial charge >= 0.3 is 5.97 Å². The average Bonchev–Trinajstić information content (AvgIpc) is 2.85. The second kappa shape index (κ2) is 5.66. The van der Waals surface area contributed by atoms with E-state index in [1.54, 1.807) is 6.07 Å². The van der Waals surface area contributed by atoms with Gasteiger partial charge in [0.2, 0.25) is 5.91 Å². The molecular weight excluding hydrogens is 347 g/mol. The van der Waals surface area contributed by atoms with E-state index < -0.39 is 5.97 Å². The zero-order chi connectivity index (χ0) is 13.1. The van der Waals surface area contributed by atoms with Crippen LogP contribution in [0.5, 0.6) is 0 Å². The summed E-state index contributed by atoms with van der Waals surface area (Å²) in [6.45, 7) is 0.852. The summed E-state index contributed by atoms with van der Waals surface area (Å²) in [5.41, 5.74) is 0.722. The average molecular weight is 360 g/mol. The van der Waals surface area contributed by atoms with Crippen LogP contribution in [0, 0.1) is 3.57 Å². The molecule has 1 fully saturated rings. The Bertz CT molecular complexity index is 484. The molecule has 1 aromatic carbocycles. The topological polar surface area (TPSA) is 78.4 Å². The van der Waals surface area contributed by atoms with Gasteiger partial charge < -0.3 is 15.7 Å². The van der Waals surface area contributed by atoms with E-state index in [1.165, 1.54) is 12.1 Å². The van der Waals surface area contributed by atoms with Gasteiger partial charge in [0.15, 0.2) is 0 Å². The second-order valence-electron chi connectivity index (χ2n) is 4.14. The Hall–Kier alpha value is -1.15. The first-order valence-electron chi connectivity index (χ1n) is 5.65. The van der Waals surface area contributed by atoms with Crippen LogP contribution < -0.4 is 10.6 Å². The Morgan fingerprint density at radius 3 is 2.83 bits per heavy atom. The summed E-state index contributed by atoms with van der Waals surface area (Å²) < 4.78 is 0.823. The van der Waals surface area contributed by atoms with Gasteiger partial charge in [0.25, 0.3) is 0 Å². The van der Waals surface area contributed by atoms with Crippen molar-refractivity contribution < 1.29 is 14.7 Å². The maximum atomic E-state index is 11.9. The molecular formula is C12H13IN2O3. The van der Waals surface area contributed by atoms with Gasteiger partial charge in [0.05, 0.1) is 17.3 Å². The molecule has 1 amide bonds. The molecule has 0 spiro atoms. The van der Waals surface area contributed by atoms with Crippen molar-refractivity contribution in [1.29, 1.82) is 0 Å². The molecule has 6 heteroatoms. The molecule has 1 saturated heterocycles. The van der Waals surface area contributed by atoms with Crippen molar-refractivity contribution in [2.75, 3.05) is 11.9 Å². The number of nitrogens with one attached hydrogen (secondary N) is 2. The molecule has 0 aliphatic carbocycles. The van der Waals surface area contributed by atoms with E-state index in [-0.39, 0.29) is 17.5 Å². The Balaban J connectivity index is 2.14. The highest BCUT2D eigenvalue weighted by Crippen LogP contribution is 2.21. The Morgan fingerprint density at radius 1 is 1.44 bits per heavy atom. The summed E-state index contributed by atoms with van der Waals surface area (Å²) in [6, 6.07) is 4.51. The van der Waals surface area contributed by atoms with Crippen LogP contribution in [-0.4, -0.2) is 29.6 Å². The second-order valence-corrected chi connectivity index (χ2v) is 5.30. The lowest BCUT2D eigenvalue weighted by Gasteiger charge is -2.12. The van der Waals surface area contributed by atoms with Crippen molar-refractivity contribution in [3.8, 4) is 0 Å². The molecule has 1 aromatic rings. The molecule has 5 nitrogen and oxygen atoms in total. The van der Waals surface area contributed by atoms with Crippen molar-refractivity contribution in [3.05, 3.63) is 27.3 Å². The summed E-state index contributed by atoms with van der Waals surface area (Å²) in [4.78, 5) is 22.8. The van der Waals surface area contributed by atoms with Gasteiger partial charge in [-0.05, 0) is 60.2 Å². The predicted octanol–water partition coefficient (Wildman–Crippen LogP) is 1.68. The van der Waals surface area contributed by atoms with Gasteiger partial charge in [-0.1, -0.05) is 0 Å². The first-order chi connectivity index (χ1) is 8.58. The number of carbonyl (C=O) groups excluding carboxylic acids is 1. The minimum Gasteiger partial charge on any atom is -0.478 e. The number of halogens is 1. The lowest BCUT2D eigenvalue weighted by molar-refractivity contribution is -0.117. The molecule has 0 radical (unpaired) electrons.